The Kier molecular flexibility index (Phi) is 5.46. The second-order valence-electron chi connectivity index (χ2n) is 3.47. The zero-order chi connectivity index (χ0) is 12.0. The van der Waals surface area contributed by atoms with Gasteiger partial charge in [0.25, 0.3) is 0 Å². The average molecular weight is 242 g/mol. The molecular formula is C12H16ClNO2. The predicted molar refractivity (Wildman–Crippen MR) is 64.4 cm³/mol. The van der Waals surface area contributed by atoms with E-state index in [4.69, 9.17) is 16.7 Å². The first kappa shape index (κ1) is 13.2. The van der Waals surface area contributed by atoms with E-state index in [0.29, 0.717) is 13.1 Å². The third-order valence-electron chi connectivity index (χ3n) is 2.49. The second kappa shape index (κ2) is 6.63. The maximum Gasteiger partial charge on any atom is 0.243 e. The summed E-state index contributed by atoms with van der Waals surface area (Å²) >= 11 is 5.63. The molecule has 1 rings (SSSR count). The highest BCUT2D eigenvalue weighted by atomic mass is 35.5. The SMILES string of the molecule is CCN(CCO)C(C(=O)Cl)c1ccccc1. The number of carbonyl (C=O) groups is 1. The largest absolute Gasteiger partial charge is 0.395 e. The summed E-state index contributed by atoms with van der Waals surface area (Å²) in [5, 5.41) is 8.53. The van der Waals surface area contributed by atoms with Crippen LogP contribution in [-0.4, -0.2) is 34.9 Å². The highest BCUT2D eigenvalue weighted by Crippen LogP contribution is 2.22. The summed E-state index contributed by atoms with van der Waals surface area (Å²) in [7, 11) is 0. The second-order valence-corrected chi connectivity index (χ2v) is 3.84. The Hall–Kier alpha value is -0.900. The number of benzene rings is 1. The maximum atomic E-state index is 11.5. The van der Waals surface area contributed by atoms with Crippen LogP contribution in [0.5, 0.6) is 0 Å². The van der Waals surface area contributed by atoms with E-state index in [2.05, 4.69) is 0 Å². The van der Waals surface area contributed by atoms with E-state index in [0.717, 1.165) is 5.56 Å². The lowest BCUT2D eigenvalue weighted by atomic mass is 10.1. The molecule has 0 spiro atoms. The molecule has 0 amide bonds. The first-order valence-corrected chi connectivity index (χ1v) is 5.67. The molecule has 0 aromatic heterocycles. The van der Waals surface area contributed by atoms with Crippen molar-refractivity contribution in [3.63, 3.8) is 0 Å². The highest BCUT2D eigenvalue weighted by molar-refractivity contribution is 6.64. The molecule has 1 atom stereocenters. The molecule has 16 heavy (non-hydrogen) atoms. The lowest BCUT2D eigenvalue weighted by Crippen LogP contribution is -2.34. The summed E-state index contributed by atoms with van der Waals surface area (Å²) in [5.74, 6) is 0. The van der Waals surface area contributed by atoms with E-state index in [1.165, 1.54) is 0 Å². The molecule has 1 N–H and O–H groups in total. The van der Waals surface area contributed by atoms with Crippen LogP contribution in [0.1, 0.15) is 18.5 Å². The molecule has 1 aromatic carbocycles. The van der Waals surface area contributed by atoms with Gasteiger partial charge in [0, 0.05) is 6.54 Å². The summed E-state index contributed by atoms with van der Waals surface area (Å²) in [6, 6.07) is 8.89. The summed E-state index contributed by atoms with van der Waals surface area (Å²) in [4.78, 5) is 13.3. The number of rotatable bonds is 6. The van der Waals surface area contributed by atoms with E-state index in [9.17, 15) is 4.79 Å². The van der Waals surface area contributed by atoms with Crippen LogP contribution >= 0.6 is 11.6 Å². The van der Waals surface area contributed by atoms with Crippen LogP contribution < -0.4 is 0 Å². The number of hydrogen-bond donors (Lipinski definition) is 1. The lowest BCUT2D eigenvalue weighted by molar-refractivity contribution is -0.116. The van der Waals surface area contributed by atoms with Crippen LogP contribution in [0.3, 0.4) is 0 Å². The van der Waals surface area contributed by atoms with Gasteiger partial charge in [-0.25, -0.2) is 0 Å². The Bertz CT molecular complexity index is 329. The van der Waals surface area contributed by atoms with Crippen LogP contribution in [0.2, 0.25) is 0 Å². The third-order valence-corrected chi connectivity index (χ3v) is 2.70. The van der Waals surface area contributed by atoms with E-state index in [1.54, 1.807) is 0 Å². The molecule has 0 aliphatic carbocycles. The predicted octanol–water partition coefficient (Wildman–Crippen LogP) is 1.81. The molecule has 0 fully saturated rings. The Morgan fingerprint density at radius 2 is 2.06 bits per heavy atom. The lowest BCUT2D eigenvalue weighted by Gasteiger charge is -2.27. The van der Waals surface area contributed by atoms with Gasteiger partial charge >= 0.3 is 0 Å². The van der Waals surface area contributed by atoms with Crippen molar-refractivity contribution in [3.05, 3.63) is 35.9 Å². The molecule has 1 aromatic rings. The van der Waals surface area contributed by atoms with Gasteiger partial charge in [-0.05, 0) is 23.7 Å². The van der Waals surface area contributed by atoms with Crippen LogP contribution in [0.25, 0.3) is 0 Å². The third kappa shape index (κ3) is 3.30. The molecule has 0 saturated carbocycles. The fourth-order valence-electron chi connectivity index (χ4n) is 1.72. The minimum absolute atomic E-state index is 0.0152. The standard InChI is InChI=1S/C12H16ClNO2/c1-2-14(8-9-15)11(12(13)16)10-6-4-3-5-7-10/h3-7,11,15H,2,8-9H2,1H3. The number of aliphatic hydroxyl groups is 1. The molecule has 0 heterocycles. The van der Waals surface area contributed by atoms with Crippen molar-refractivity contribution >= 4 is 16.8 Å². The average Bonchev–Trinajstić information content (AvgIpc) is 2.29. The van der Waals surface area contributed by atoms with Gasteiger partial charge in [-0.2, -0.15) is 0 Å². The fourth-order valence-corrected chi connectivity index (χ4v) is 1.98. The summed E-state index contributed by atoms with van der Waals surface area (Å²) in [5.41, 5.74) is 0.859. The molecule has 0 radical (unpaired) electrons. The van der Waals surface area contributed by atoms with Gasteiger partial charge in [0.2, 0.25) is 5.24 Å². The molecule has 0 bridgehead atoms. The van der Waals surface area contributed by atoms with Gasteiger partial charge in [0.15, 0.2) is 0 Å². The van der Waals surface area contributed by atoms with E-state index in [-0.39, 0.29) is 6.61 Å². The van der Waals surface area contributed by atoms with Gasteiger partial charge < -0.3 is 5.11 Å². The van der Waals surface area contributed by atoms with E-state index in [1.807, 2.05) is 42.2 Å². The molecule has 0 saturated heterocycles. The molecule has 88 valence electrons. The van der Waals surface area contributed by atoms with Crippen molar-refractivity contribution in [1.82, 2.24) is 4.90 Å². The number of carbonyl (C=O) groups excluding carboxylic acids is 1. The van der Waals surface area contributed by atoms with Gasteiger partial charge in [0.1, 0.15) is 6.04 Å². The molecule has 0 aliphatic heterocycles. The van der Waals surface area contributed by atoms with Crippen molar-refractivity contribution in [1.29, 1.82) is 0 Å². The number of hydrogen-bond acceptors (Lipinski definition) is 3. The minimum atomic E-state index is -0.472. The fraction of sp³-hybridized carbons (Fsp3) is 0.417. The van der Waals surface area contributed by atoms with Crippen LogP contribution in [0, 0.1) is 0 Å². The Morgan fingerprint density at radius 3 is 2.50 bits per heavy atom. The Labute approximate surface area is 101 Å². The minimum Gasteiger partial charge on any atom is -0.395 e. The zero-order valence-electron chi connectivity index (χ0n) is 9.27. The van der Waals surface area contributed by atoms with Crippen LogP contribution in [0.15, 0.2) is 30.3 Å². The van der Waals surface area contributed by atoms with Crippen molar-refractivity contribution in [2.75, 3.05) is 19.7 Å². The monoisotopic (exact) mass is 241 g/mol. The summed E-state index contributed by atoms with van der Waals surface area (Å²) in [6.45, 7) is 3.06. The van der Waals surface area contributed by atoms with Crippen molar-refractivity contribution < 1.29 is 9.90 Å². The zero-order valence-corrected chi connectivity index (χ0v) is 10.0. The normalized spacial score (nSPS) is 12.8. The van der Waals surface area contributed by atoms with Crippen molar-refractivity contribution in [2.24, 2.45) is 0 Å². The van der Waals surface area contributed by atoms with E-state index < -0.39 is 11.3 Å². The molecule has 0 aliphatic rings. The number of nitrogens with zero attached hydrogens (tertiary/aromatic N) is 1. The molecule has 1 unspecified atom stereocenters. The molecule has 4 heteroatoms. The Morgan fingerprint density at radius 1 is 1.44 bits per heavy atom. The maximum absolute atomic E-state index is 11.5. The molecular weight excluding hydrogens is 226 g/mol. The van der Waals surface area contributed by atoms with Crippen LogP contribution in [0.4, 0.5) is 0 Å². The van der Waals surface area contributed by atoms with E-state index >= 15 is 0 Å². The number of aliphatic hydroxyl groups excluding tert-OH is 1. The quantitative estimate of drug-likeness (QED) is 0.773. The smallest absolute Gasteiger partial charge is 0.243 e. The van der Waals surface area contributed by atoms with Gasteiger partial charge in [-0.3, -0.25) is 9.69 Å². The van der Waals surface area contributed by atoms with Crippen molar-refractivity contribution in [2.45, 2.75) is 13.0 Å². The number of likely N-dealkylation sites (N-methyl/N-ethyl adjacent to an activating group) is 1. The molecule has 3 nitrogen and oxygen atoms in total. The first-order valence-electron chi connectivity index (χ1n) is 5.30. The first-order chi connectivity index (χ1) is 7.70. The van der Waals surface area contributed by atoms with Gasteiger partial charge in [-0.15, -0.1) is 0 Å². The highest BCUT2D eigenvalue weighted by Gasteiger charge is 2.24. The topological polar surface area (TPSA) is 40.5 Å². The summed E-state index contributed by atoms with van der Waals surface area (Å²) < 4.78 is 0. The number of halogens is 1. The van der Waals surface area contributed by atoms with Gasteiger partial charge in [0.05, 0.1) is 6.61 Å². The Balaban J connectivity index is 2.94. The van der Waals surface area contributed by atoms with Gasteiger partial charge in [-0.1, -0.05) is 37.3 Å². The van der Waals surface area contributed by atoms with Crippen molar-refractivity contribution in [3.8, 4) is 0 Å². The summed E-state index contributed by atoms with van der Waals surface area (Å²) in [6.07, 6.45) is 0. The van der Waals surface area contributed by atoms with Crippen LogP contribution in [-0.2, 0) is 4.79 Å².